The van der Waals surface area contributed by atoms with Gasteiger partial charge in [-0.25, -0.2) is 0 Å². The Balaban J connectivity index is 1.95. The van der Waals surface area contributed by atoms with Gasteiger partial charge in [0, 0.05) is 31.2 Å². The molecular weight excluding hydrogens is 248 g/mol. The summed E-state index contributed by atoms with van der Waals surface area (Å²) < 4.78 is 6.02. The molecule has 0 bridgehead atoms. The molecule has 0 radical (unpaired) electrons. The van der Waals surface area contributed by atoms with E-state index in [-0.39, 0.29) is 0 Å². The molecule has 0 saturated carbocycles. The summed E-state index contributed by atoms with van der Waals surface area (Å²) in [5.41, 5.74) is 4.14. The van der Waals surface area contributed by atoms with E-state index in [2.05, 4.69) is 36.2 Å². The first kappa shape index (κ1) is 13.9. The van der Waals surface area contributed by atoms with Gasteiger partial charge in [-0.05, 0) is 56.8 Å². The van der Waals surface area contributed by atoms with Crippen molar-refractivity contribution < 1.29 is 4.74 Å². The molecule has 0 amide bonds. The fourth-order valence-corrected chi connectivity index (χ4v) is 3.63. The third kappa shape index (κ3) is 2.84. The molecule has 2 heterocycles. The maximum absolute atomic E-state index is 6.02. The molecule has 2 aliphatic heterocycles. The van der Waals surface area contributed by atoms with Gasteiger partial charge in [0.15, 0.2) is 0 Å². The summed E-state index contributed by atoms with van der Waals surface area (Å²) in [6, 6.07) is 5.06. The van der Waals surface area contributed by atoms with Gasteiger partial charge in [-0.1, -0.05) is 6.07 Å². The molecule has 1 saturated heterocycles. The quantitative estimate of drug-likeness (QED) is 0.852. The third-order valence-corrected chi connectivity index (χ3v) is 4.52. The minimum atomic E-state index is 0.535. The number of benzene rings is 1. The Kier molecular flexibility index (Phi) is 4.27. The second-order valence-electron chi connectivity index (χ2n) is 6.14. The summed E-state index contributed by atoms with van der Waals surface area (Å²) in [6.07, 6.45) is 3.62. The Hall–Kier alpha value is -1.06. The zero-order chi connectivity index (χ0) is 13.9. The van der Waals surface area contributed by atoms with Crippen LogP contribution in [0.1, 0.15) is 42.0 Å². The number of nitrogens with one attached hydrogen (secondary N) is 1. The Labute approximate surface area is 122 Å². The molecule has 1 aromatic carbocycles. The lowest BCUT2D eigenvalue weighted by Gasteiger charge is -2.31. The second kappa shape index (κ2) is 6.15. The molecule has 110 valence electrons. The molecule has 1 fully saturated rings. The van der Waals surface area contributed by atoms with Crippen molar-refractivity contribution in [3.05, 3.63) is 28.8 Å². The lowest BCUT2D eigenvalue weighted by Crippen LogP contribution is -2.32. The molecule has 3 heteroatoms. The molecule has 1 unspecified atom stereocenters. The molecule has 2 aliphatic rings. The summed E-state index contributed by atoms with van der Waals surface area (Å²) in [4.78, 5) is 2.66. The van der Waals surface area contributed by atoms with Crippen LogP contribution in [0, 0.1) is 13.8 Å². The van der Waals surface area contributed by atoms with Gasteiger partial charge in [-0.2, -0.15) is 0 Å². The van der Waals surface area contributed by atoms with Gasteiger partial charge in [-0.15, -0.1) is 0 Å². The second-order valence-corrected chi connectivity index (χ2v) is 6.14. The maximum Gasteiger partial charge on any atom is 0.124 e. The fraction of sp³-hybridized carbons (Fsp3) is 0.647. The van der Waals surface area contributed by atoms with Crippen molar-refractivity contribution in [3.8, 4) is 5.75 Å². The first-order valence-electron chi connectivity index (χ1n) is 7.94. The predicted octanol–water partition coefficient (Wildman–Crippen LogP) is 2.81. The predicted molar refractivity (Wildman–Crippen MR) is 82.4 cm³/mol. The van der Waals surface area contributed by atoms with Crippen LogP contribution in [-0.2, 0) is 0 Å². The minimum absolute atomic E-state index is 0.535. The number of ether oxygens (including phenoxy) is 1. The van der Waals surface area contributed by atoms with E-state index < -0.39 is 0 Å². The van der Waals surface area contributed by atoms with E-state index in [1.807, 2.05) is 0 Å². The van der Waals surface area contributed by atoms with Crippen molar-refractivity contribution in [2.75, 3.05) is 32.8 Å². The molecular formula is C17H26N2O. The molecule has 0 aromatic heterocycles. The third-order valence-electron chi connectivity index (χ3n) is 4.52. The standard InChI is InChI=1S/C17H26N2O/c1-13-11-14(2)17-15(5-3-10-20-16(17)12-13)19-8-4-6-18-7-9-19/h11-12,15,18H,3-10H2,1-2H3. The summed E-state index contributed by atoms with van der Waals surface area (Å²) >= 11 is 0. The van der Waals surface area contributed by atoms with Crippen molar-refractivity contribution in [2.24, 2.45) is 0 Å². The molecule has 0 aliphatic carbocycles. The topological polar surface area (TPSA) is 24.5 Å². The molecule has 0 spiro atoms. The van der Waals surface area contributed by atoms with Crippen LogP contribution in [0.15, 0.2) is 12.1 Å². The fourth-order valence-electron chi connectivity index (χ4n) is 3.63. The average Bonchev–Trinajstić information content (AvgIpc) is 2.78. The lowest BCUT2D eigenvalue weighted by atomic mass is 9.94. The highest BCUT2D eigenvalue weighted by Gasteiger charge is 2.27. The summed E-state index contributed by atoms with van der Waals surface area (Å²) in [6.45, 7) is 9.87. The number of rotatable bonds is 1. The van der Waals surface area contributed by atoms with Gasteiger partial charge in [0.25, 0.3) is 0 Å². The number of hydrogen-bond acceptors (Lipinski definition) is 3. The minimum Gasteiger partial charge on any atom is -0.493 e. The highest BCUT2D eigenvalue weighted by atomic mass is 16.5. The SMILES string of the molecule is Cc1cc(C)c2c(c1)OCCCC2N1CCCNCC1. The summed E-state index contributed by atoms with van der Waals surface area (Å²) in [7, 11) is 0. The lowest BCUT2D eigenvalue weighted by molar-refractivity contribution is 0.199. The molecule has 1 N–H and O–H groups in total. The Bertz CT molecular complexity index is 464. The highest BCUT2D eigenvalue weighted by Crippen LogP contribution is 2.38. The molecule has 1 atom stereocenters. The molecule has 3 nitrogen and oxygen atoms in total. The Morgan fingerprint density at radius 2 is 2.05 bits per heavy atom. The summed E-state index contributed by atoms with van der Waals surface area (Å²) in [5, 5.41) is 3.51. The number of aryl methyl sites for hydroxylation is 2. The first-order valence-corrected chi connectivity index (χ1v) is 7.94. The van der Waals surface area contributed by atoms with Crippen LogP contribution in [0.2, 0.25) is 0 Å². The number of nitrogens with zero attached hydrogens (tertiary/aromatic N) is 1. The van der Waals surface area contributed by atoms with Gasteiger partial charge in [0.1, 0.15) is 5.75 Å². The first-order chi connectivity index (χ1) is 9.75. The zero-order valence-electron chi connectivity index (χ0n) is 12.7. The Morgan fingerprint density at radius 3 is 2.95 bits per heavy atom. The molecule has 1 aromatic rings. The smallest absolute Gasteiger partial charge is 0.124 e. The van der Waals surface area contributed by atoms with E-state index in [1.165, 1.54) is 36.1 Å². The van der Waals surface area contributed by atoms with Crippen LogP contribution >= 0.6 is 0 Å². The van der Waals surface area contributed by atoms with E-state index in [1.54, 1.807) is 0 Å². The van der Waals surface area contributed by atoms with Gasteiger partial charge < -0.3 is 10.1 Å². The van der Waals surface area contributed by atoms with Crippen LogP contribution in [-0.4, -0.2) is 37.7 Å². The van der Waals surface area contributed by atoms with Crippen molar-refractivity contribution >= 4 is 0 Å². The average molecular weight is 274 g/mol. The van der Waals surface area contributed by atoms with Gasteiger partial charge in [0.05, 0.1) is 6.61 Å². The summed E-state index contributed by atoms with van der Waals surface area (Å²) in [5.74, 6) is 1.13. The van der Waals surface area contributed by atoms with E-state index >= 15 is 0 Å². The van der Waals surface area contributed by atoms with Gasteiger partial charge in [-0.3, -0.25) is 4.90 Å². The van der Waals surface area contributed by atoms with E-state index in [9.17, 15) is 0 Å². The normalized spacial score (nSPS) is 24.4. The largest absolute Gasteiger partial charge is 0.493 e. The van der Waals surface area contributed by atoms with Crippen LogP contribution in [0.3, 0.4) is 0 Å². The van der Waals surface area contributed by atoms with Crippen LogP contribution < -0.4 is 10.1 Å². The van der Waals surface area contributed by atoms with Crippen LogP contribution in [0.25, 0.3) is 0 Å². The number of hydrogen-bond donors (Lipinski definition) is 1. The molecule has 20 heavy (non-hydrogen) atoms. The van der Waals surface area contributed by atoms with E-state index in [0.29, 0.717) is 6.04 Å². The monoisotopic (exact) mass is 274 g/mol. The maximum atomic E-state index is 6.02. The van der Waals surface area contributed by atoms with Crippen LogP contribution in [0.5, 0.6) is 5.75 Å². The van der Waals surface area contributed by atoms with Crippen molar-refractivity contribution in [3.63, 3.8) is 0 Å². The van der Waals surface area contributed by atoms with E-state index in [0.717, 1.165) is 38.4 Å². The Morgan fingerprint density at radius 1 is 1.15 bits per heavy atom. The van der Waals surface area contributed by atoms with Crippen molar-refractivity contribution in [1.82, 2.24) is 10.2 Å². The zero-order valence-corrected chi connectivity index (χ0v) is 12.7. The molecule has 3 rings (SSSR count). The van der Waals surface area contributed by atoms with Crippen LogP contribution in [0.4, 0.5) is 0 Å². The van der Waals surface area contributed by atoms with Gasteiger partial charge in [0.2, 0.25) is 0 Å². The highest BCUT2D eigenvalue weighted by molar-refractivity contribution is 5.45. The van der Waals surface area contributed by atoms with Crippen molar-refractivity contribution in [1.29, 1.82) is 0 Å². The van der Waals surface area contributed by atoms with Gasteiger partial charge >= 0.3 is 0 Å². The number of fused-ring (bicyclic) bond motifs is 1. The van der Waals surface area contributed by atoms with E-state index in [4.69, 9.17) is 4.74 Å². The van der Waals surface area contributed by atoms with Crippen molar-refractivity contribution in [2.45, 2.75) is 39.2 Å².